The molecule has 1 aliphatic heterocycles. The van der Waals surface area contributed by atoms with E-state index in [9.17, 15) is 27.5 Å². The van der Waals surface area contributed by atoms with Gasteiger partial charge in [-0.25, -0.2) is 9.07 Å². The lowest BCUT2D eigenvalue weighted by molar-refractivity contribution is -0.153. The van der Waals surface area contributed by atoms with Crippen LogP contribution in [-0.2, 0) is 7.05 Å². The molecule has 2 atom stereocenters. The van der Waals surface area contributed by atoms with Crippen molar-refractivity contribution in [3.63, 3.8) is 0 Å². The summed E-state index contributed by atoms with van der Waals surface area (Å²) in [5.41, 5.74) is -2.12. The zero-order valence-electron chi connectivity index (χ0n) is 13.7. The molecule has 0 aliphatic carbocycles. The molecule has 0 saturated heterocycles. The van der Waals surface area contributed by atoms with Crippen LogP contribution in [0.2, 0.25) is 0 Å². The molecule has 2 unspecified atom stereocenters. The van der Waals surface area contributed by atoms with Crippen molar-refractivity contribution in [2.75, 3.05) is 5.32 Å². The SMILES string of the molecule is CC1CC(C(F)(F)F)c2c(n(C)n(-c3cc(C#N)cc(F)c3O)c2=O)N1. The lowest BCUT2D eigenvalue weighted by Gasteiger charge is -2.29. The van der Waals surface area contributed by atoms with Gasteiger partial charge in [-0.2, -0.15) is 18.4 Å². The average Bonchev–Trinajstić information content (AvgIpc) is 2.79. The largest absolute Gasteiger partial charge is 0.503 e. The molecule has 2 N–H and O–H groups in total. The molecular weight excluding hydrogens is 356 g/mol. The maximum absolute atomic E-state index is 13.9. The maximum atomic E-state index is 13.9. The molecule has 1 aliphatic rings. The summed E-state index contributed by atoms with van der Waals surface area (Å²) >= 11 is 0. The first-order valence-electron chi connectivity index (χ1n) is 7.64. The van der Waals surface area contributed by atoms with E-state index in [4.69, 9.17) is 5.26 Å². The van der Waals surface area contributed by atoms with Gasteiger partial charge in [0.05, 0.1) is 23.1 Å². The molecule has 1 aromatic heterocycles. The van der Waals surface area contributed by atoms with Gasteiger partial charge in [-0.15, -0.1) is 0 Å². The third kappa shape index (κ3) is 2.60. The molecule has 10 heteroatoms. The highest BCUT2D eigenvalue weighted by Gasteiger charge is 2.48. The number of alkyl halides is 3. The quantitative estimate of drug-likeness (QED) is 0.757. The van der Waals surface area contributed by atoms with E-state index in [2.05, 4.69) is 5.32 Å². The Morgan fingerprint density at radius 3 is 2.62 bits per heavy atom. The molecule has 2 heterocycles. The summed E-state index contributed by atoms with van der Waals surface area (Å²) in [5.74, 6) is -4.13. The van der Waals surface area contributed by atoms with Crippen LogP contribution in [0.1, 0.15) is 30.4 Å². The predicted molar refractivity (Wildman–Crippen MR) is 83.8 cm³/mol. The summed E-state index contributed by atoms with van der Waals surface area (Å²) < 4.78 is 56.0. The molecule has 26 heavy (non-hydrogen) atoms. The molecule has 0 radical (unpaired) electrons. The van der Waals surface area contributed by atoms with Gasteiger partial charge in [0.15, 0.2) is 11.6 Å². The number of nitrogens with one attached hydrogen (secondary N) is 1. The molecule has 0 spiro atoms. The van der Waals surface area contributed by atoms with E-state index in [0.717, 1.165) is 21.5 Å². The number of nitrogens with zero attached hydrogens (tertiary/aromatic N) is 3. The molecule has 3 rings (SSSR count). The summed E-state index contributed by atoms with van der Waals surface area (Å²) in [6, 6.07) is 2.93. The number of fused-ring (bicyclic) bond motifs is 1. The highest BCUT2D eigenvalue weighted by molar-refractivity contribution is 5.57. The van der Waals surface area contributed by atoms with Crippen molar-refractivity contribution < 1.29 is 22.7 Å². The molecular formula is C16H14F4N4O2. The van der Waals surface area contributed by atoms with Crippen LogP contribution < -0.4 is 10.9 Å². The Bertz CT molecular complexity index is 984. The first kappa shape index (κ1) is 17.8. The maximum Gasteiger partial charge on any atom is 0.396 e. The van der Waals surface area contributed by atoms with Crippen LogP contribution in [0.5, 0.6) is 5.75 Å². The fraction of sp³-hybridized carbons (Fsp3) is 0.375. The normalized spacial score (nSPS) is 19.6. The van der Waals surface area contributed by atoms with E-state index in [0.29, 0.717) is 0 Å². The van der Waals surface area contributed by atoms with Gasteiger partial charge >= 0.3 is 6.18 Å². The number of halogens is 4. The smallest absolute Gasteiger partial charge is 0.396 e. The van der Waals surface area contributed by atoms with Crippen LogP contribution in [0.4, 0.5) is 23.4 Å². The number of anilines is 1. The monoisotopic (exact) mass is 370 g/mol. The molecule has 0 saturated carbocycles. The number of aromatic nitrogens is 2. The van der Waals surface area contributed by atoms with E-state index in [-0.39, 0.29) is 17.8 Å². The average molecular weight is 370 g/mol. The number of hydrogen-bond donors (Lipinski definition) is 2. The number of benzene rings is 1. The highest BCUT2D eigenvalue weighted by atomic mass is 19.4. The van der Waals surface area contributed by atoms with E-state index >= 15 is 0 Å². The second-order valence-electron chi connectivity index (χ2n) is 6.22. The molecule has 6 nitrogen and oxygen atoms in total. The van der Waals surface area contributed by atoms with E-state index in [1.54, 1.807) is 13.0 Å². The van der Waals surface area contributed by atoms with Crippen LogP contribution in [0, 0.1) is 17.1 Å². The Hall–Kier alpha value is -2.96. The van der Waals surface area contributed by atoms with E-state index in [1.165, 1.54) is 7.05 Å². The van der Waals surface area contributed by atoms with Crippen molar-refractivity contribution in [1.82, 2.24) is 9.36 Å². The van der Waals surface area contributed by atoms with Gasteiger partial charge in [0, 0.05) is 13.1 Å². The zero-order chi connectivity index (χ0) is 19.4. The molecule has 1 aromatic carbocycles. The molecule has 138 valence electrons. The van der Waals surface area contributed by atoms with Crippen molar-refractivity contribution in [3.05, 3.63) is 39.4 Å². The first-order valence-corrected chi connectivity index (χ1v) is 7.64. The minimum absolute atomic E-state index is 0.0572. The zero-order valence-corrected chi connectivity index (χ0v) is 13.7. The summed E-state index contributed by atoms with van der Waals surface area (Å²) in [4.78, 5) is 12.7. The van der Waals surface area contributed by atoms with E-state index in [1.807, 2.05) is 0 Å². The molecule has 0 bridgehead atoms. The minimum Gasteiger partial charge on any atom is -0.503 e. The second-order valence-corrected chi connectivity index (χ2v) is 6.22. The number of aromatic hydroxyl groups is 1. The summed E-state index contributed by atoms with van der Waals surface area (Å²) in [5, 5.41) is 21.7. The van der Waals surface area contributed by atoms with Gasteiger partial charge in [0.2, 0.25) is 0 Å². The van der Waals surface area contributed by atoms with Gasteiger partial charge in [0.1, 0.15) is 11.5 Å². The number of phenols is 1. The van der Waals surface area contributed by atoms with Gasteiger partial charge < -0.3 is 10.4 Å². The summed E-state index contributed by atoms with van der Waals surface area (Å²) in [7, 11) is 1.31. The van der Waals surface area contributed by atoms with Crippen LogP contribution in [0.15, 0.2) is 16.9 Å². The van der Waals surface area contributed by atoms with Crippen molar-refractivity contribution in [2.45, 2.75) is 31.5 Å². The van der Waals surface area contributed by atoms with Gasteiger partial charge in [0.25, 0.3) is 5.56 Å². The Kier molecular flexibility index (Phi) is 3.98. The van der Waals surface area contributed by atoms with Crippen LogP contribution in [0.3, 0.4) is 0 Å². The fourth-order valence-corrected chi connectivity index (χ4v) is 3.25. The third-order valence-corrected chi connectivity index (χ3v) is 4.42. The number of phenolic OH excluding ortho intramolecular Hbond substituents is 1. The predicted octanol–water partition coefficient (Wildman–Crippen LogP) is 2.74. The Labute approximate surface area is 144 Å². The van der Waals surface area contributed by atoms with Gasteiger partial charge in [-0.05, 0) is 25.5 Å². The minimum atomic E-state index is -4.63. The van der Waals surface area contributed by atoms with Crippen LogP contribution in [-0.4, -0.2) is 26.7 Å². The van der Waals surface area contributed by atoms with E-state index < -0.39 is 46.5 Å². The Morgan fingerprint density at radius 1 is 1.38 bits per heavy atom. The number of hydrogen-bond acceptors (Lipinski definition) is 4. The molecule has 0 fully saturated rings. The lowest BCUT2D eigenvalue weighted by Crippen LogP contribution is -2.35. The fourth-order valence-electron chi connectivity index (χ4n) is 3.25. The van der Waals surface area contributed by atoms with Gasteiger partial charge in [-0.3, -0.25) is 9.48 Å². The topological polar surface area (TPSA) is 83.0 Å². The number of nitriles is 1. The lowest BCUT2D eigenvalue weighted by atomic mass is 9.90. The molecule has 0 amide bonds. The second kappa shape index (κ2) is 5.79. The van der Waals surface area contributed by atoms with Crippen molar-refractivity contribution in [3.8, 4) is 17.5 Å². The van der Waals surface area contributed by atoms with Crippen LogP contribution in [0.25, 0.3) is 5.69 Å². The molecule has 2 aromatic rings. The van der Waals surface area contributed by atoms with Gasteiger partial charge in [-0.1, -0.05) is 0 Å². The Morgan fingerprint density at radius 2 is 2.04 bits per heavy atom. The Balaban J connectivity index is 2.33. The summed E-state index contributed by atoms with van der Waals surface area (Å²) in [6.07, 6.45) is -4.96. The standard InChI is InChI=1S/C16H14F4N4O2/c1-7-3-9(16(18,19)20)12-14(22-7)23(2)24(15(12)26)11-5-8(6-21)4-10(17)13(11)25/h4-5,7,9,22,25H,3H2,1-2H3. The van der Waals surface area contributed by atoms with Crippen molar-refractivity contribution in [1.29, 1.82) is 5.26 Å². The summed E-state index contributed by atoms with van der Waals surface area (Å²) in [6.45, 7) is 1.55. The third-order valence-electron chi connectivity index (χ3n) is 4.42. The van der Waals surface area contributed by atoms with Crippen molar-refractivity contribution >= 4 is 5.82 Å². The van der Waals surface area contributed by atoms with Crippen molar-refractivity contribution in [2.24, 2.45) is 7.05 Å². The number of rotatable bonds is 1. The van der Waals surface area contributed by atoms with Crippen LogP contribution >= 0.6 is 0 Å². The first-order chi connectivity index (χ1) is 12.1. The highest BCUT2D eigenvalue weighted by Crippen LogP contribution is 2.43.